The number of halogens is 1. The maximum atomic E-state index is 9.37. The van der Waals surface area contributed by atoms with Crippen LogP contribution in [0.15, 0.2) is 36.4 Å². The zero-order chi connectivity index (χ0) is 14.8. The fourth-order valence-electron chi connectivity index (χ4n) is 2.65. The average molecular weight is 304 g/mol. The van der Waals surface area contributed by atoms with Crippen LogP contribution in [0.1, 0.15) is 12.8 Å². The maximum absolute atomic E-state index is 9.37. The molecule has 1 fully saturated rings. The number of hydrogen-bond donors (Lipinski definition) is 1. The molecule has 3 rings (SSSR count). The summed E-state index contributed by atoms with van der Waals surface area (Å²) in [6.07, 6.45) is 1.61. The summed E-state index contributed by atoms with van der Waals surface area (Å²) in [6.45, 7) is 0.874. The van der Waals surface area contributed by atoms with Crippen LogP contribution in [0.3, 0.4) is 0 Å². The summed E-state index contributed by atoms with van der Waals surface area (Å²) in [5.41, 5.74) is 0.953. The third-order valence-electron chi connectivity index (χ3n) is 3.85. The first kappa shape index (κ1) is 14.3. The standard InChI is InChI=1S/C16H18ClN3O/c1-20(10-11-7-13(21)8-11)15-9-14(17)18-16(19-15)12-5-3-2-4-6-12/h2-6,9,11,13,21H,7-8,10H2,1H3. The summed E-state index contributed by atoms with van der Waals surface area (Å²) in [7, 11) is 2.00. The minimum Gasteiger partial charge on any atom is -0.393 e. The highest BCUT2D eigenvalue weighted by molar-refractivity contribution is 6.29. The van der Waals surface area contributed by atoms with Gasteiger partial charge >= 0.3 is 0 Å². The van der Waals surface area contributed by atoms with Gasteiger partial charge in [0.2, 0.25) is 0 Å². The third-order valence-corrected chi connectivity index (χ3v) is 4.04. The topological polar surface area (TPSA) is 49.2 Å². The van der Waals surface area contributed by atoms with Gasteiger partial charge in [0, 0.05) is 25.2 Å². The molecule has 1 aromatic carbocycles. The van der Waals surface area contributed by atoms with Crippen LogP contribution in [0.2, 0.25) is 5.15 Å². The second-order valence-corrected chi connectivity index (χ2v) is 6.00. The Morgan fingerprint density at radius 2 is 1.95 bits per heavy atom. The lowest BCUT2D eigenvalue weighted by Gasteiger charge is -2.34. The second-order valence-electron chi connectivity index (χ2n) is 5.61. The van der Waals surface area contributed by atoms with E-state index in [2.05, 4.69) is 14.9 Å². The molecule has 21 heavy (non-hydrogen) atoms. The van der Waals surface area contributed by atoms with Crippen LogP contribution >= 0.6 is 11.6 Å². The van der Waals surface area contributed by atoms with Crippen LogP contribution in [0.5, 0.6) is 0 Å². The van der Waals surface area contributed by atoms with Gasteiger partial charge in [0.05, 0.1) is 6.10 Å². The molecule has 1 N–H and O–H groups in total. The Bertz CT molecular complexity index is 614. The number of hydrogen-bond acceptors (Lipinski definition) is 4. The van der Waals surface area contributed by atoms with E-state index in [1.807, 2.05) is 37.4 Å². The van der Waals surface area contributed by atoms with Crippen molar-refractivity contribution in [1.29, 1.82) is 0 Å². The predicted molar refractivity (Wildman–Crippen MR) is 84.5 cm³/mol. The number of aliphatic hydroxyl groups excluding tert-OH is 1. The molecule has 0 radical (unpaired) electrons. The summed E-state index contributed by atoms with van der Waals surface area (Å²) >= 11 is 6.13. The van der Waals surface area contributed by atoms with Gasteiger partial charge in [-0.3, -0.25) is 0 Å². The van der Waals surface area contributed by atoms with Gasteiger partial charge in [-0.15, -0.1) is 0 Å². The van der Waals surface area contributed by atoms with Crippen LogP contribution in [0.25, 0.3) is 11.4 Å². The Balaban J connectivity index is 1.80. The molecule has 1 saturated carbocycles. The number of nitrogens with zero attached hydrogens (tertiary/aromatic N) is 3. The van der Waals surface area contributed by atoms with E-state index in [1.54, 1.807) is 6.07 Å². The van der Waals surface area contributed by atoms with Crippen molar-refractivity contribution in [2.45, 2.75) is 18.9 Å². The summed E-state index contributed by atoms with van der Waals surface area (Å²) in [4.78, 5) is 11.0. The summed E-state index contributed by atoms with van der Waals surface area (Å²) in [5, 5.41) is 9.82. The molecule has 110 valence electrons. The molecule has 4 nitrogen and oxygen atoms in total. The van der Waals surface area contributed by atoms with Gasteiger partial charge in [-0.05, 0) is 18.8 Å². The monoisotopic (exact) mass is 303 g/mol. The van der Waals surface area contributed by atoms with Crippen molar-refractivity contribution in [2.24, 2.45) is 5.92 Å². The molecule has 0 amide bonds. The van der Waals surface area contributed by atoms with Gasteiger partial charge < -0.3 is 10.0 Å². The molecule has 0 spiro atoms. The fourth-order valence-corrected chi connectivity index (χ4v) is 2.83. The van der Waals surface area contributed by atoms with Crippen LogP contribution < -0.4 is 4.90 Å². The molecule has 1 aromatic heterocycles. The Kier molecular flexibility index (Phi) is 4.08. The van der Waals surface area contributed by atoms with Crippen molar-refractivity contribution < 1.29 is 5.11 Å². The van der Waals surface area contributed by atoms with Crippen molar-refractivity contribution in [2.75, 3.05) is 18.5 Å². The summed E-state index contributed by atoms with van der Waals surface area (Å²) in [6, 6.07) is 11.6. The zero-order valence-electron chi connectivity index (χ0n) is 11.9. The number of benzene rings is 1. The SMILES string of the molecule is CN(CC1CC(O)C1)c1cc(Cl)nc(-c2ccccc2)n1. The Hall–Kier alpha value is -1.65. The third kappa shape index (κ3) is 3.34. The molecular formula is C16H18ClN3O. The zero-order valence-corrected chi connectivity index (χ0v) is 12.7. The molecule has 0 bridgehead atoms. The first-order valence-electron chi connectivity index (χ1n) is 7.11. The van der Waals surface area contributed by atoms with Crippen molar-refractivity contribution in [3.8, 4) is 11.4 Å². The van der Waals surface area contributed by atoms with Crippen molar-refractivity contribution in [3.05, 3.63) is 41.6 Å². The van der Waals surface area contributed by atoms with Crippen LogP contribution in [0, 0.1) is 5.92 Å². The highest BCUT2D eigenvalue weighted by Gasteiger charge is 2.28. The quantitative estimate of drug-likeness (QED) is 0.882. The summed E-state index contributed by atoms with van der Waals surface area (Å²) in [5.74, 6) is 1.98. The molecule has 0 atom stereocenters. The molecule has 1 aliphatic rings. The van der Waals surface area contributed by atoms with Gasteiger partial charge in [-0.1, -0.05) is 41.9 Å². The number of aliphatic hydroxyl groups is 1. The number of aromatic nitrogens is 2. The van der Waals surface area contributed by atoms with E-state index in [0.29, 0.717) is 16.9 Å². The lowest BCUT2D eigenvalue weighted by Crippen LogP contribution is -2.37. The van der Waals surface area contributed by atoms with Gasteiger partial charge in [-0.2, -0.15) is 0 Å². The van der Waals surface area contributed by atoms with Crippen molar-refractivity contribution in [3.63, 3.8) is 0 Å². The molecule has 0 unspecified atom stereocenters. The highest BCUT2D eigenvalue weighted by atomic mass is 35.5. The lowest BCUT2D eigenvalue weighted by atomic mass is 9.82. The molecule has 0 aliphatic heterocycles. The van der Waals surface area contributed by atoms with E-state index in [0.717, 1.165) is 30.8 Å². The highest BCUT2D eigenvalue weighted by Crippen LogP contribution is 2.29. The van der Waals surface area contributed by atoms with E-state index in [-0.39, 0.29) is 6.10 Å². The van der Waals surface area contributed by atoms with E-state index >= 15 is 0 Å². The van der Waals surface area contributed by atoms with Crippen LogP contribution in [-0.2, 0) is 0 Å². The minimum atomic E-state index is -0.128. The molecule has 1 heterocycles. The largest absolute Gasteiger partial charge is 0.393 e. The lowest BCUT2D eigenvalue weighted by molar-refractivity contribution is 0.0464. The first-order valence-corrected chi connectivity index (χ1v) is 7.49. The number of rotatable bonds is 4. The molecular weight excluding hydrogens is 286 g/mol. The van der Waals surface area contributed by atoms with Crippen LogP contribution in [-0.4, -0.2) is 34.8 Å². The molecule has 1 aliphatic carbocycles. The van der Waals surface area contributed by atoms with Crippen LogP contribution in [0.4, 0.5) is 5.82 Å². The molecule has 2 aromatic rings. The van der Waals surface area contributed by atoms with Gasteiger partial charge in [-0.25, -0.2) is 9.97 Å². The first-order chi connectivity index (χ1) is 10.1. The summed E-state index contributed by atoms with van der Waals surface area (Å²) < 4.78 is 0. The second kappa shape index (κ2) is 6.00. The van der Waals surface area contributed by atoms with E-state index in [1.165, 1.54) is 0 Å². The maximum Gasteiger partial charge on any atom is 0.163 e. The van der Waals surface area contributed by atoms with Gasteiger partial charge in [0.15, 0.2) is 5.82 Å². The van der Waals surface area contributed by atoms with Crippen molar-refractivity contribution in [1.82, 2.24) is 9.97 Å². The number of anilines is 1. The Labute approximate surface area is 129 Å². The van der Waals surface area contributed by atoms with Gasteiger partial charge in [0.1, 0.15) is 11.0 Å². The van der Waals surface area contributed by atoms with E-state index in [9.17, 15) is 5.11 Å². The Morgan fingerprint density at radius 1 is 1.24 bits per heavy atom. The molecule has 0 saturated heterocycles. The van der Waals surface area contributed by atoms with E-state index in [4.69, 9.17) is 11.6 Å². The Morgan fingerprint density at radius 3 is 2.62 bits per heavy atom. The average Bonchev–Trinajstić information content (AvgIpc) is 2.46. The normalized spacial score (nSPS) is 20.9. The smallest absolute Gasteiger partial charge is 0.163 e. The fraction of sp³-hybridized carbons (Fsp3) is 0.375. The van der Waals surface area contributed by atoms with E-state index < -0.39 is 0 Å². The van der Waals surface area contributed by atoms with Crippen molar-refractivity contribution >= 4 is 17.4 Å². The van der Waals surface area contributed by atoms with Gasteiger partial charge in [0.25, 0.3) is 0 Å². The predicted octanol–water partition coefficient (Wildman–Crippen LogP) is 3.00. The molecule has 5 heteroatoms. The minimum absolute atomic E-state index is 0.128.